The Kier molecular flexibility index (Phi) is 5.37. The number of amides is 1. The molecule has 0 spiro atoms. The average molecular weight is 328 g/mol. The van der Waals surface area contributed by atoms with Gasteiger partial charge in [-0.15, -0.1) is 0 Å². The van der Waals surface area contributed by atoms with E-state index in [4.69, 9.17) is 0 Å². The van der Waals surface area contributed by atoms with Gasteiger partial charge in [-0.25, -0.2) is 0 Å². The fourth-order valence-corrected chi connectivity index (χ4v) is 2.57. The highest BCUT2D eigenvalue weighted by Crippen LogP contribution is 2.18. The molecule has 1 amide bonds. The fourth-order valence-electron chi connectivity index (χ4n) is 2.57. The maximum atomic E-state index is 12.4. The lowest BCUT2D eigenvalue weighted by molar-refractivity contribution is 0.102. The molecule has 25 heavy (non-hydrogen) atoms. The van der Waals surface area contributed by atoms with Gasteiger partial charge in [-0.1, -0.05) is 66.7 Å². The average Bonchev–Trinajstić information content (AvgIpc) is 2.68. The van der Waals surface area contributed by atoms with Crippen molar-refractivity contribution in [1.82, 2.24) is 0 Å². The van der Waals surface area contributed by atoms with E-state index in [2.05, 4.69) is 22.4 Å². The Morgan fingerprint density at radius 2 is 1.44 bits per heavy atom. The Labute approximate surface area is 148 Å². The first kappa shape index (κ1) is 16.7. The topological polar surface area (TPSA) is 41.5 Å². The molecule has 0 aliphatic carbocycles. The molecule has 124 valence electrons. The standard InChI is InChI=1S/C22H20N2O/c1-17(23-16-18-10-4-2-5-11-18)20-14-8-9-15-21(20)24-22(25)19-12-6-3-7-13-19/h2-15H,16H2,1H3,(H,24,25). The van der Waals surface area contributed by atoms with Gasteiger partial charge < -0.3 is 5.32 Å². The van der Waals surface area contributed by atoms with Gasteiger partial charge in [0, 0.05) is 16.8 Å². The Hall–Kier alpha value is -3.20. The van der Waals surface area contributed by atoms with Gasteiger partial charge in [-0.05, 0) is 30.7 Å². The molecule has 0 saturated carbocycles. The molecule has 0 aliphatic rings. The maximum Gasteiger partial charge on any atom is 0.255 e. The first-order valence-corrected chi connectivity index (χ1v) is 8.25. The predicted octanol–water partition coefficient (Wildman–Crippen LogP) is 4.95. The molecular weight excluding hydrogens is 308 g/mol. The van der Waals surface area contributed by atoms with Gasteiger partial charge in [0.2, 0.25) is 0 Å². The summed E-state index contributed by atoms with van der Waals surface area (Å²) in [5.74, 6) is -0.121. The summed E-state index contributed by atoms with van der Waals surface area (Å²) in [6.45, 7) is 2.59. The number of benzene rings is 3. The van der Waals surface area contributed by atoms with Crippen LogP contribution in [0.2, 0.25) is 0 Å². The Balaban J connectivity index is 1.79. The summed E-state index contributed by atoms with van der Waals surface area (Å²) in [6, 6.07) is 27.1. The number of carbonyl (C=O) groups excluding carboxylic acids is 1. The Morgan fingerprint density at radius 1 is 0.840 bits per heavy atom. The SMILES string of the molecule is CC(=NCc1ccccc1)c1ccccc1NC(=O)c1ccccc1. The van der Waals surface area contributed by atoms with E-state index in [1.165, 1.54) is 0 Å². The van der Waals surface area contributed by atoms with Crippen LogP contribution in [-0.4, -0.2) is 11.6 Å². The largest absolute Gasteiger partial charge is 0.321 e. The van der Waals surface area contributed by atoms with Crippen LogP contribution in [0.4, 0.5) is 5.69 Å². The van der Waals surface area contributed by atoms with Crippen molar-refractivity contribution >= 4 is 17.3 Å². The molecule has 3 heteroatoms. The molecule has 3 nitrogen and oxygen atoms in total. The van der Waals surface area contributed by atoms with Crippen LogP contribution in [0.15, 0.2) is 89.9 Å². The van der Waals surface area contributed by atoms with Crippen molar-refractivity contribution < 1.29 is 4.79 Å². The van der Waals surface area contributed by atoms with E-state index < -0.39 is 0 Å². The minimum atomic E-state index is -0.121. The molecule has 0 fully saturated rings. The molecule has 0 aliphatic heterocycles. The van der Waals surface area contributed by atoms with Gasteiger partial charge >= 0.3 is 0 Å². The zero-order valence-corrected chi connectivity index (χ0v) is 14.1. The van der Waals surface area contributed by atoms with Crippen molar-refractivity contribution in [3.05, 3.63) is 102 Å². The normalized spacial score (nSPS) is 11.2. The van der Waals surface area contributed by atoms with E-state index in [1.807, 2.05) is 67.6 Å². The third kappa shape index (κ3) is 4.42. The number of nitrogens with one attached hydrogen (secondary N) is 1. The number of carbonyl (C=O) groups is 1. The zero-order valence-electron chi connectivity index (χ0n) is 14.1. The number of rotatable bonds is 5. The predicted molar refractivity (Wildman–Crippen MR) is 103 cm³/mol. The number of aliphatic imine (C=N–C) groups is 1. The molecule has 0 aromatic heterocycles. The van der Waals surface area contributed by atoms with Gasteiger partial charge in [0.25, 0.3) is 5.91 Å². The molecule has 0 bridgehead atoms. The third-order valence-corrected chi connectivity index (χ3v) is 3.94. The number of hydrogen-bond donors (Lipinski definition) is 1. The fraction of sp³-hybridized carbons (Fsp3) is 0.0909. The molecule has 3 aromatic carbocycles. The molecule has 3 rings (SSSR count). The lowest BCUT2D eigenvalue weighted by Crippen LogP contribution is -2.14. The highest BCUT2D eigenvalue weighted by Gasteiger charge is 2.10. The van der Waals surface area contributed by atoms with Crippen LogP contribution < -0.4 is 5.32 Å². The van der Waals surface area contributed by atoms with Crippen molar-refractivity contribution in [2.24, 2.45) is 4.99 Å². The number of para-hydroxylation sites is 1. The zero-order chi connectivity index (χ0) is 17.5. The summed E-state index contributed by atoms with van der Waals surface area (Å²) in [5, 5.41) is 2.99. The number of hydrogen-bond acceptors (Lipinski definition) is 2. The third-order valence-electron chi connectivity index (χ3n) is 3.94. The molecule has 0 atom stereocenters. The minimum absolute atomic E-state index is 0.121. The molecule has 3 aromatic rings. The van der Waals surface area contributed by atoms with Crippen LogP contribution in [0.3, 0.4) is 0 Å². The Morgan fingerprint density at radius 3 is 2.16 bits per heavy atom. The van der Waals surface area contributed by atoms with Gasteiger partial charge in [0.1, 0.15) is 0 Å². The second-order valence-electron chi connectivity index (χ2n) is 5.75. The smallest absolute Gasteiger partial charge is 0.255 e. The van der Waals surface area contributed by atoms with Gasteiger partial charge in [0.05, 0.1) is 12.2 Å². The summed E-state index contributed by atoms with van der Waals surface area (Å²) >= 11 is 0. The quantitative estimate of drug-likeness (QED) is 0.662. The van der Waals surface area contributed by atoms with Crippen molar-refractivity contribution in [2.45, 2.75) is 13.5 Å². The first-order chi connectivity index (χ1) is 12.2. The van der Waals surface area contributed by atoms with Gasteiger partial charge in [-0.3, -0.25) is 9.79 Å². The van der Waals surface area contributed by atoms with Crippen LogP contribution in [-0.2, 0) is 6.54 Å². The highest BCUT2D eigenvalue weighted by molar-refractivity contribution is 6.10. The van der Waals surface area contributed by atoms with E-state index in [9.17, 15) is 4.79 Å². The summed E-state index contributed by atoms with van der Waals surface area (Å²) in [5.41, 5.74) is 4.39. The van der Waals surface area contributed by atoms with Crippen LogP contribution in [0.1, 0.15) is 28.4 Å². The summed E-state index contributed by atoms with van der Waals surface area (Å²) < 4.78 is 0. The maximum absolute atomic E-state index is 12.4. The summed E-state index contributed by atoms with van der Waals surface area (Å²) in [6.07, 6.45) is 0. The second kappa shape index (κ2) is 8.06. The van der Waals surface area contributed by atoms with Crippen molar-refractivity contribution in [1.29, 1.82) is 0 Å². The monoisotopic (exact) mass is 328 g/mol. The molecule has 0 unspecified atom stereocenters. The van der Waals surface area contributed by atoms with E-state index in [0.29, 0.717) is 12.1 Å². The van der Waals surface area contributed by atoms with E-state index in [-0.39, 0.29) is 5.91 Å². The van der Waals surface area contributed by atoms with E-state index in [0.717, 1.165) is 22.5 Å². The van der Waals surface area contributed by atoms with Crippen molar-refractivity contribution in [2.75, 3.05) is 5.32 Å². The van der Waals surface area contributed by atoms with Crippen molar-refractivity contribution in [3.8, 4) is 0 Å². The van der Waals surface area contributed by atoms with Crippen LogP contribution in [0.5, 0.6) is 0 Å². The second-order valence-corrected chi connectivity index (χ2v) is 5.75. The van der Waals surface area contributed by atoms with Gasteiger partial charge in [-0.2, -0.15) is 0 Å². The lowest BCUT2D eigenvalue weighted by Gasteiger charge is -2.11. The molecular formula is C22H20N2O. The van der Waals surface area contributed by atoms with Gasteiger partial charge in [0.15, 0.2) is 0 Å². The van der Waals surface area contributed by atoms with Crippen LogP contribution >= 0.6 is 0 Å². The lowest BCUT2D eigenvalue weighted by atomic mass is 10.1. The molecule has 1 N–H and O–H groups in total. The number of nitrogens with zero attached hydrogens (tertiary/aromatic N) is 1. The molecule has 0 radical (unpaired) electrons. The van der Waals surface area contributed by atoms with E-state index >= 15 is 0 Å². The first-order valence-electron chi connectivity index (χ1n) is 8.25. The summed E-state index contributed by atoms with van der Waals surface area (Å²) in [7, 11) is 0. The Bertz CT molecular complexity index is 871. The molecule has 0 saturated heterocycles. The van der Waals surface area contributed by atoms with Crippen molar-refractivity contribution in [3.63, 3.8) is 0 Å². The van der Waals surface area contributed by atoms with Crippen LogP contribution in [0.25, 0.3) is 0 Å². The van der Waals surface area contributed by atoms with E-state index in [1.54, 1.807) is 12.1 Å². The summed E-state index contributed by atoms with van der Waals surface area (Å²) in [4.78, 5) is 17.1. The molecule has 0 heterocycles. The number of anilines is 1. The van der Waals surface area contributed by atoms with Crippen LogP contribution in [0, 0.1) is 0 Å². The highest BCUT2D eigenvalue weighted by atomic mass is 16.1. The minimum Gasteiger partial charge on any atom is -0.321 e.